The molecule has 1 aliphatic rings. The van der Waals surface area contributed by atoms with Crippen LogP contribution in [0, 0.1) is 31.6 Å². The number of hydrogen-bond donors (Lipinski definition) is 2. The Bertz CT molecular complexity index is 487. The SMILES string of the molecule is Cc1ccc(C)n1NC(=O)C1CC(C)CC1C(=O)O. The van der Waals surface area contributed by atoms with Gasteiger partial charge in [-0.2, -0.15) is 0 Å². The Morgan fingerprint density at radius 1 is 1.21 bits per heavy atom. The summed E-state index contributed by atoms with van der Waals surface area (Å²) in [7, 11) is 0. The number of hydrogen-bond acceptors (Lipinski definition) is 2. The third-order valence-corrected chi connectivity index (χ3v) is 3.95. The number of nitrogens with zero attached hydrogens (tertiary/aromatic N) is 1. The molecular weight excluding hydrogens is 244 g/mol. The zero-order valence-corrected chi connectivity index (χ0v) is 11.5. The topological polar surface area (TPSA) is 71.3 Å². The van der Waals surface area contributed by atoms with E-state index in [0.717, 1.165) is 11.4 Å². The van der Waals surface area contributed by atoms with Gasteiger partial charge in [0.25, 0.3) is 0 Å². The highest BCUT2D eigenvalue weighted by molar-refractivity contribution is 5.90. The molecule has 5 nitrogen and oxygen atoms in total. The molecule has 0 aliphatic heterocycles. The maximum atomic E-state index is 12.3. The van der Waals surface area contributed by atoms with E-state index in [0.29, 0.717) is 12.8 Å². The minimum absolute atomic E-state index is 0.195. The Morgan fingerprint density at radius 3 is 2.26 bits per heavy atom. The first kappa shape index (κ1) is 13.6. The van der Waals surface area contributed by atoms with Gasteiger partial charge in [0.15, 0.2) is 0 Å². The van der Waals surface area contributed by atoms with Crippen molar-refractivity contribution < 1.29 is 14.7 Å². The first-order valence-electron chi connectivity index (χ1n) is 6.58. The number of rotatable bonds is 3. The maximum Gasteiger partial charge on any atom is 0.307 e. The lowest BCUT2D eigenvalue weighted by molar-refractivity contribution is -0.145. The van der Waals surface area contributed by atoms with E-state index >= 15 is 0 Å². The van der Waals surface area contributed by atoms with Gasteiger partial charge >= 0.3 is 5.97 Å². The second-order valence-corrected chi connectivity index (χ2v) is 5.56. The quantitative estimate of drug-likeness (QED) is 0.876. The van der Waals surface area contributed by atoms with Gasteiger partial charge in [0.2, 0.25) is 5.91 Å². The zero-order valence-electron chi connectivity index (χ0n) is 11.5. The molecule has 1 aromatic rings. The molecule has 3 atom stereocenters. The predicted octanol–water partition coefficient (Wildman–Crippen LogP) is 1.92. The van der Waals surface area contributed by atoms with Crippen LogP contribution in [-0.2, 0) is 9.59 Å². The molecule has 1 aromatic heterocycles. The van der Waals surface area contributed by atoms with E-state index in [-0.39, 0.29) is 11.8 Å². The van der Waals surface area contributed by atoms with E-state index in [1.807, 2.05) is 32.9 Å². The van der Waals surface area contributed by atoms with E-state index in [1.54, 1.807) is 4.68 Å². The molecule has 1 aliphatic carbocycles. The molecule has 5 heteroatoms. The Morgan fingerprint density at radius 2 is 1.74 bits per heavy atom. The Kier molecular flexibility index (Phi) is 3.64. The second kappa shape index (κ2) is 5.07. The number of nitrogens with one attached hydrogen (secondary N) is 1. The fourth-order valence-electron chi connectivity index (χ4n) is 2.89. The molecule has 1 amide bonds. The fourth-order valence-corrected chi connectivity index (χ4v) is 2.89. The molecule has 2 N–H and O–H groups in total. The highest BCUT2D eigenvalue weighted by atomic mass is 16.4. The van der Waals surface area contributed by atoms with E-state index in [9.17, 15) is 14.7 Å². The lowest BCUT2D eigenvalue weighted by Gasteiger charge is -2.18. The summed E-state index contributed by atoms with van der Waals surface area (Å²) in [6.07, 6.45) is 1.22. The molecule has 0 spiro atoms. The normalized spacial score (nSPS) is 26.4. The van der Waals surface area contributed by atoms with Crippen molar-refractivity contribution >= 4 is 11.9 Å². The molecule has 0 radical (unpaired) electrons. The number of aliphatic carboxylic acids is 1. The minimum atomic E-state index is -0.870. The third-order valence-electron chi connectivity index (χ3n) is 3.95. The average Bonchev–Trinajstić information content (AvgIpc) is 2.87. The van der Waals surface area contributed by atoms with Crippen LogP contribution in [0.5, 0.6) is 0 Å². The molecule has 1 fully saturated rings. The van der Waals surface area contributed by atoms with Gasteiger partial charge in [0, 0.05) is 11.4 Å². The van der Waals surface area contributed by atoms with Crippen LogP contribution in [0.15, 0.2) is 12.1 Å². The zero-order chi connectivity index (χ0) is 14.2. The van der Waals surface area contributed by atoms with Gasteiger partial charge in [-0.3, -0.25) is 19.7 Å². The van der Waals surface area contributed by atoms with Crippen LogP contribution in [-0.4, -0.2) is 21.7 Å². The maximum absolute atomic E-state index is 12.3. The summed E-state index contributed by atoms with van der Waals surface area (Å²) >= 11 is 0. The second-order valence-electron chi connectivity index (χ2n) is 5.56. The van der Waals surface area contributed by atoms with E-state index < -0.39 is 17.8 Å². The van der Waals surface area contributed by atoms with Crippen molar-refractivity contribution in [3.63, 3.8) is 0 Å². The number of carbonyl (C=O) groups excluding carboxylic acids is 1. The van der Waals surface area contributed by atoms with Crippen molar-refractivity contribution in [3.8, 4) is 0 Å². The lowest BCUT2D eigenvalue weighted by Crippen LogP contribution is -2.35. The van der Waals surface area contributed by atoms with Gasteiger partial charge in [0.05, 0.1) is 11.8 Å². The standard InChI is InChI=1S/C14H20N2O3/c1-8-6-11(12(7-8)14(18)19)13(17)15-16-9(2)4-5-10(16)3/h4-5,8,11-12H,6-7H2,1-3H3,(H,15,17)(H,18,19). The highest BCUT2D eigenvalue weighted by Gasteiger charge is 2.41. The first-order chi connectivity index (χ1) is 8.90. The number of carboxylic acids is 1. The summed E-state index contributed by atoms with van der Waals surface area (Å²) in [5, 5.41) is 9.20. The van der Waals surface area contributed by atoms with E-state index in [4.69, 9.17) is 0 Å². The molecule has 2 rings (SSSR count). The summed E-state index contributed by atoms with van der Waals surface area (Å²) in [5.74, 6) is -1.78. The van der Waals surface area contributed by atoms with Crippen LogP contribution >= 0.6 is 0 Å². The third kappa shape index (κ3) is 2.64. The van der Waals surface area contributed by atoms with Crippen molar-refractivity contribution in [2.75, 3.05) is 5.43 Å². The van der Waals surface area contributed by atoms with Crippen LogP contribution in [0.25, 0.3) is 0 Å². The van der Waals surface area contributed by atoms with Crippen molar-refractivity contribution in [1.29, 1.82) is 0 Å². The minimum Gasteiger partial charge on any atom is -0.481 e. The Labute approximate surface area is 112 Å². The van der Waals surface area contributed by atoms with Crippen LogP contribution in [0.2, 0.25) is 0 Å². The lowest BCUT2D eigenvalue weighted by atomic mass is 9.96. The van der Waals surface area contributed by atoms with Crippen molar-refractivity contribution in [1.82, 2.24) is 4.68 Å². The van der Waals surface area contributed by atoms with Gasteiger partial charge in [-0.15, -0.1) is 0 Å². The molecule has 0 saturated heterocycles. The Hall–Kier alpha value is -1.78. The fraction of sp³-hybridized carbons (Fsp3) is 0.571. The van der Waals surface area contributed by atoms with Gasteiger partial charge in [-0.25, -0.2) is 0 Å². The van der Waals surface area contributed by atoms with Gasteiger partial charge in [-0.1, -0.05) is 6.92 Å². The summed E-state index contributed by atoms with van der Waals surface area (Å²) in [6, 6.07) is 3.84. The summed E-state index contributed by atoms with van der Waals surface area (Å²) < 4.78 is 1.71. The van der Waals surface area contributed by atoms with Gasteiger partial charge < -0.3 is 5.11 Å². The number of aromatic nitrogens is 1. The van der Waals surface area contributed by atoms with Crippen molar-refractivity contribution in [3.05, 3.63) is 23.5 Å². The summed E-state index contributed by atoms with van der Waals surface area (Å²) in [4.78, 5) is 23.5. The summed E-state index contributed by atoms with van der Waals surface area (Å²) in [5.41, 5.74) is 4.69. The number of amides is 1. The highest BCUT2D eigenvalue weighted by Crippen LogP contribution is 2.36. The van der Waals surface area contributed by atoms with E-state index in [2.05, 4.69) is 5.43 Å². The van der Waals surface area contributed by atoms with Crippen LogP contribution < -0.4 is 5.43 Å². The number of carbonyl (C=O) groups is 2. The van der Waals surface area contributed by atoms with Gasteiger partial charge in [0.1, 0.15) is 0 Å². The Balaban J connectivity index is 2.13. The first-order valence-corrected chi connectivity index (χ1v) is 6.58. The smallest absolute Gasteiger partial charge is 0.307 e. The van der Waals surface area contributed by atoms with Crippen molar-refractivity contribution in [2.45, 2.75) is 33.6 Å². The monoisotopic (exact) mass is 264 g/mol. The molecule has 0 bridgehead atoms. The molecule has 3 unspecified atom stereocenters. The largest absolute Gasteiger partial charge is 0.481 e. The average molecular weight is 264 g/mol. The number of carboxylic acid groups (broad SMARTS) is 1. The van der Waals surface area contributed by atoms with Crippen LogP contribution in [0.4, 0.5) is 0 Å². The molecule has 1 heterocycles. The van der Waals surface area contributed by atoms with Crippen LogP contribution in [0.3, 0.4) is 0 Å². The van der Waals surface area contributed by atoms with E-state index in [1.165, 1.54) is 0 Å². The molecular formula is C14H20N2O3. The molecule has 19 heavy (non-hydrogen) atoms. The molecule has 1 saturated carbocycles. The van der Waals surface area contributed by atoms with Crippen molar-refractivity contribution in [2.24, 2.45) is 17.8 Å². The number of aryl methyl sites for hydroxylation is 2. The molecule has 0 aromatic carbocycles. The van der Waals surface area contributed by atoms with Gasteiger partial charge in [-0.05, 0) is 44.7 Å². The summed E-state index contributed by atoms with van der Waals surface area (Å²) in [6.45, 7) is 5.80. The predicted molar refractivity (Wildman–Crippen MR) is 71.3 cm³/mol. The van der Waals surface area contributed by atoms with Crippen LogP contribution in [0.1, 0.15) is 31.2 Å². The molecule has 104 valence electrons.